The maximum Gasteiger partial charge on any atom is 0.338 e. The lowest BCUT2D eigenvalue weighted by atomic mass is 9.95. The maximum absolute atomic E-state index is 12.6. The topological polar surface area (TPSA) is 183 Å². The maximum atomic E-state index is 12.6. The lowest BCUT2D eigenvalue weighted by molar-refractivity contribution is -0.139. The molecule has 49 heavy (non-hydrogen) atoms. The van der Waals surface area contributed by atoms with Crippen LogP contribution in [0.5, 0.6) is 23.0 Å². The molecule has 1 aliphatic rings. The number of hydrogen-bond acceptors (Lipinski definition) is 10. The first-order valence-electron chi connectivity index (χ1n) is 15.0. The van der Waals surface area contributed by atoms with Crippen molar-refractivity contribution in [2.45, 2.75) is 33.4 Å². The Hall–Kier alpha value is -5.76. The van der Waals surface area contributed by atoms with Gasteiger partial charge in [-0.05, 0) is 73.9 Å². The van der Waals surface area contributed by atoms with Gasteiger partial charge in [0.1, 0.15) is 6.61 Å². The summed E-state index contributed by atoms with van der Waals surface area (Å²) in [5.41, 5.74) is 4.94. The summed E-state index contributed by atoms with van der Waals surface area (Å²) in [5, 5.41) is 18.6. The minimum absolute atomic E-state index is 0.122. The lowest BCUT2D eigenvalue weighted by Crippen LogP contribution is -2.45. The van der Waals surface area contributed by atoms with Crippen molar-refractivity contribution in [2.75, 3.05) is 26.9 Å². The normalized spacial score (nSPS) is 14.1. The van der Waals surface area contributed by atoms with Gasteiger partial charge in [-0.3, -0.25) is 4.79 Å². The van der Waals surface area contributed by atoms with Gasteiger partial charge in [-0.25, -0.2) is 19.8 Å². The number of aromatic carboxylic acids is 1. The van der Waals surface area contributed by atoms with Gasteiger partial charge in [0.15, 0.2) is 29.6 Å². The molecular weight excluding hydrogens is 660 g/mol. The first-order valence-corrected chi connectivity index (χ1v) is 15.4. The molecule has 1 heterocycles. The van der Waals surface area contributed by atoms with Crippen LogP contribution in [0.4, 0.5) is 4.79 Å². The number of nitrogens with one attached hydrogen (secondary N) is 3. The van der Waals surface area contributed by atoms with Crippen molar-refractivity contribution >= 4 is 41.7 Å². The predicted octanol–water partition coefficient (Wildman–Crippen LogP) is 4.74. The quantitative estimate of drug-likeness (QED) is 0.0984. The predicted molar refractivity (Wildman–Crippen MR) is 178 cm³/mol. The lowest BCUT2D eigenvalue weighted by Gasteiger charge is -2.28. The van der Waals surface area contributed by atoms with Gasteiger partial charge < -0.3 is 39.4 Å². The van der Waals surface area contributed by atoms with Gasteiger partial charge in [-0.2, -0.15) is 5.10 Å². The van der Waals surface area contributed by atoms with Gasteiger partial charge >= 0.3 is 18.0 Å². The van der Waals surface area contributed by atoms with Crippen LogP contribution in [0.1, 0.15) is 53.9 Å². The van der Waals surface area contributed by atoms with Crippen molar-refractivity contribution in [1.29, 1.82) is 0 Å². The summed E-state index contributed by atoms with van der Waals surface area (Å²) in [5.74, 6) is -1.00. The third-order valence-corrected chi connectivity index (χ3v) is 7.24. The Bertz CT molecular complexity index is 1780. The summed E-state index contributed by atoms with van der Waals surface area (Å²) < 4.78 is 27.9. The number of carboxylic acid groups (broad SMARTS) is 1. The van der Waals surface area contributed by atoms with Gasteiger partial charge in [0.05, 0.1) is 48.7 Å². The molecule has 15 heteroatoms. The number of ether oxygens (including phenoxy) is 5. The largest absolute Gasteiger partial charge is 0.493 e. The molecule has 4 N–H and O–H groups in total. The molecule has 0 aromatic heterocycles. The number of carbonyl (C=O) groups is 4. The number of methoxy groups -OCH3 is 1. The van der Waals surface area contributed by atoms with Gasteiger partial charge in [0, 0.05) is 5.70 Å². The first kappa shape index (κ1) is 36.1. The molecule has 0 fully saturated rings. The fraction of sp³-hybridized carbons (Fsp3) is 0.265. The van der Waals surface area contributed by atoms with Gasteiger partial charge in [0.2, 0.25) is 0 Å². The minimum Gasteiger partial charge on any atom is -0.493 e. The number of carboxylic acids is 1. The molecule has 0 bridgehead atoms. The highest BCUT2D eigenvalue weighted by Crippen LogP contribution is 2.37. The van der Waals surface area contributed by atoms with Crippen LogP contribution in [0.3, 0.4) is 0 Å². The summed E-state index contributed by atoms with van der Waals surface area (Å²) >= 11 is 6.49. The molecule has 258 valence electrons. The monoisotopic (exact) mass is 694 g/mol. The number of nitrogens with zero attached hydrogens (tertiary/aromatic N) is 1. The minimum atomic E-state index is -1.02. The third kappa shape index (κ3) is 9.41. The van der Waals surface area contributed by atoms with Gasteiger partial charge in [-0.15, -0.1) is 0 Å². The van der Waals surface area contributed by atoms with E-state index in [1.807, 2.05) is 0 Å². The van der Waals surface area contributed by atoms with E-state index in [1.54, 1.807) is 63.2 Å². The number of amides is 3. The van der Waals surface area contributed by atoms with Crippen molar-refractivity contribution in [2.24, 2.45) is 5.10 Å². The van der Waals surface area contributed by atoms with Crippen LogP contribution in [-0.2, 0) is 20.9 Å². The van der Waals surface area contributed by atoms with E-state index < -0.39 is 36.5 Å². The van der Waals surface area contributed by atoms with Crippen LogP contribution in [0.2, 0.25) is 5.02 Å². The number of halogens is 1. The Morgan fingerprint density at radius 1 is 0.980 bits per heavy atom. The number of rotatable bonds is 15. The molecule has 1 atom stereocenters. The number of allylic oxidation sites excluding steroid dienone is 1. The molecule has 4 rings (SSSR count). The molecule has 0 unspecified atom stereocenters. The molecule has 0 spiro atoms. The van der Waals surface area contributed by atoms with E-state index in [4.69, 9.17) is 40.4 Å². The van der Waals surface area contributed by atoms with Crippen molar-refractivity contribution in [3.8, 4) is 23.0 Å². The van der Waals surface area contributed by atoms with E-state index in [0.29, 0.717) is 34.9 Å². The molecule has 3 amide bonds. The Morgan fingerprint density at radius 2 is 1.73 bits per heavy atom. The average molecular weight is 695 g/mol. The van der Waals surface area contributed by atoms with E-state index in [-0.39, 0.29) is 40.9 Å². The Morgan fingerprint density at radius 3 is 2.41 bits per heavy atom. The van der Waals surface area contributed by atoms with Crippen molar-refractivity contribution in [3.63, 3.8) is 0 Å². The van der Waals surface area contributed by atoms with Crippen LogP contribution >= 0.6 is 11.6 Å². The molecule has 3 aromatic carbocycles. The number of urea groups is 1. The van der Waals surface area contributed by atoms with Crippen LogP contribution in [0.25, 0.3) is 0 Å². The summed E-state index contributed by atoms with van der Waals surface area (Å²) in [6.07, 6.45) is 1.38. The van der Waals surface area contributed by atoms with Crippen LogP contribution in [-0.4, -0.2) is 62.1 Å². The number of hydrazone groups is 1. The van der Waals surface area contributed by atoms with Gasteiger partial charge in [-0.1, -0.05) is 29.8 Å². The molecule has 0 saturated carbocycles. The smallest absolute Gasteiger partial charge is 0.338 e. The zero-order valence-corrected chi connectivity index (χ0v) is 27.9. The zero-order valence-electron chi connectivity index (χ0n) is 27.1. The highest BCUT2D eigenvalue weighted by atomic mass is 35.5. The Labute approximate surface area is 287 Å². The molecule has 1 aliphatic heterocycles. The van der Waals surface area contributed by atoms with Crippen LogP contribution in [0, 0.1) is 0 Å². The van der Waals surface area contributed by atoms with Crippen molar-refractivity contribution in [3.05, 3.63) is 93.1 Å². The second kappa shape index (κ2) is 16.9. The Balaban J connectivity index is 1.38. The molecule has 0 aliphatic carbocycles. The Kier molecular flexibility index (Phi) is 12.4. The summed E-state index contributed by atoms with van der Waals surface area (Å²) in [4.78, 5) is 48.4. The van der Waals surface area contributed by atoms with E-state index >= 15 is 0 Å². The average Bonchev–Trinajstić information content (AvgIpc) is 3.07. The summed E-state index contributed by atoms with van der Waals surface area (Å²) in [7, 11) is 1.42. The number of hydrogen-bond donors (Lipinski definition) is 4. The molecular formula is C34H35ClN4O10. The van der Waals surface area contributed by atoms with E-state index in [9.17, 15) is 19.2 Å². The zero-order chi connectivity index (χ0) is 35.5. The van der Waals surface area contributed by atoms with Gasteiger partial charge in [0.25, 0.3) is 5.91 Å². The van der Waals surface area contributed by atoms with Crippen molar-refractivity contribution in [1.82, 2.24) is 16.1 Å². The van der Waals surface area contributed by atoms with E-state index in [1.165, 1.54) is 25.5 Å². The fourth-order valence-corrected chi connectivity index (χ4v) is 5.00. The SMILES string of the molecule is CCOC(=O)C1=C(C)NC(=O)N[C@@H]1c1ccc(OCC(=O)N/N=C\c2cc(Cl)c(OCc3ccc(C(=O)O)cc3)c(OCC)c2)c(OC)c1. The standard InChI is InChI=1S/C34H35ClN4O10/c1-5-46-27-14-21(13-24(35)31(27)49-17-20-7-9-22(10-8-20)32(41)42)16-36-39-28(40)18-48-25-12-11-23(15-26(25)45-4)30-29(33(43)47-6-2)19(3)37-34(44)38-30/h7-16,30H,5-6,17-18H2,1-4H3,(H,39,40)(H,41,42)(H2,37,38,44)/b36-16-/t30-/m1/s1. The van der Waals surface area contributed by atoms with E-state index in [2.05, 4.69) is 21.2 Å². The third-order valence-electron chi connectivity index (χ3n) is 6.96. The first-order chi connectivity index (χ1) is 23.5. The molecule has 14 nitrogen and oxygen atoms in total. The molecule has 3 aromatic rings. The highest BCUT2D eigenvalue weighted by molar-refractivity contribution is 6.32. The van der Waals surface area contributed by atoms with E-state index in [0.717, 1.165) is 5.56 Å². The highest BCUT2D eigenvalue weighted by Gasteiger charge is 2.32. The number of benzene rings is 3. The summed E-state index contributed by atoms with van der Waals surface area (Å²) in [6.45, 7) is 5.30. The second-order valence-corrected chi connectivity index (χ2v) is 10.7. The number of esters is 1. The van der Waals surface area contributed by atoms with Crippen LogP contribution < -0.4 is 35.0 Å². The summed E-state index contributed by atoms with van der Waals surface area (Å²) in [6, 6.07) is 13.0. The number of carbonyl (C=O) groups excluding carboxylic acids is 3. The fourth-order valence-electron chi connectivity index (χ4n) is 4.73. The van der Waals surface area contributed by atoms with Crippen LogP contribution in [0.15, 0.2) is 71.0 Å². The molecule has 0 radical (unpaired) electrons. The molecule has 0 saturated heterocycles. The second-order valence-electron chi connectivity index (χ2n) is 10.3. The van der Waals surface area contributed by atoms with Crippen molar-refractivity contribution < 1.29 is 48.0 Å².